The molecule has 2 aromatic heterocycles. The van der Waals surface area contributed by atoms with E-state index in [4.69, 9.17) is 4.74 Å². The molecule has 1 atom stereocenters. The van der Waals surface area contributed by atoms with Crippen molar-refractivity contribution in [3.8, 4) is 11.6 Å². The van der Waals surface area contributed by atoms with Gasteiger partial charge < -0.3 is 10.1 Å². The van der Waals surface area contributed by atoms with Crippen LogP contribution in [0.5, 0.6) is 11.6 Å². The Hall–Kier alpha value is -4.07. The van der Waals surface area contributed by atoms with E-state index in [1.165, 1.54) is 0 Å². The molecule has 0 aliphatic heterocycles. The number of carbonyl (C=O) groups is 1. The molecule has 8 nitrogen and oxygen atoms in total. The van der Waals surface area contributed by atoms with Crippen molar-refractivity contribution in [3.63, 3.8) is 0 Å². The van der Waals surface area contributed by atoms with Gasteiger partial charge in [-0.05, 0) is 59.7 Å². The van der Waals surface area contributed by atoms with Crippen molar-refractivity contribution in [3.05, 3.63) is 89.9 Å². The molecule has 0 fully saturated rings. The number of carbonyl (C=O) groups excluding carboxylic acids is 1. The molecule has 2 aromatic carbocycles. The molecule has 0 radical (unpaired) electrons. The minimum atomic E-state index is -0.579. The Morgan fingerprint density at radius 2 is 1.81 bits per heavy atom. The third-order valence-corrected chi connectivity index (χ3v) is 4.76. The second-order valence-electron chi connectivity index (χ2n) is 7.17. The Kier molecular flexibility index (Phi) is 5.98. The molecule has 0 aliphatic carbocycles. The highest BCUT2D eigenvalue weighted by atomic mass is 16.5. The number of rotatable bonds is 7. The third kappa shape index (κ3) is 5.11. The fraction of sp³-hybridized carbons (Fsp3) is 0.174. The van der Waals surface area contributed by atoms with Gasteiger partial charge in [0.25, 0.3) is 0 Å². The minimum absolute atomic E-state index is 0.201. The van der Waals surface area contributed by atoms with E-state index in [0.717, 1.165) is 11.1 Å². The number of ether oxygens (including phenoxy) is 1. The van der Waals surface area contributed by atoms with Gasteiger partial charge in [-0.1, -0.05) is 36.4 Å². The average Bonchev–Trinajstić information content (AvgIpc) is 3.21. The largest absolute Gasteiger partial charge is 0.439 e. The fourth-order valence-electron chi connectivity index (χ4n) is 3.12. The summed E-state index contributed by atoms with van der Waals surface area (Å²) in [5, 5.41) is 14.6. The van der Waals surface area contributed by atoms with E-state index < -0.39 is 6.04 Å². The molecular weight excluding hydrogens is 392 g/mol. The number of hydrogen-bond acceptors (Lipinski definition) is 6. The molecule has 0 saturated carbocycles. The lowest BCUT2D eigenvalue weighted by molar-refractivity contribution is -0.119. The number of aromatic nitrogens is 5. The van der Waals surface area contributed by atoms with E-state index in [9.17, 15) is 4.79 Å². The van der Waals surface area contributed by atoms with Crippen molar-refractivity contribution in [1.82, 2.24) is 25.2 Å². The van der Waals surface area contributed by atoms with Crippen LogP contribution in [0.1, 0.15) is 23.0 Å². The summed E-state index contributed by atoms with van der Waals surface area (Å²) in [5.41, 5.74) is 2.73. The molecule has 0 spiro atoms. The third-order valence-electron chi connectivity index (χ3n) is 4.76. The van der Waals surface area contributed by atoms with Crippen LogP contribution in [0.3, 0.4) is 0 Å². The maximum Gasteiger partial charge on any atom is 0.249 e. The van der Waals surface area contributed by atoms with Crippen LogP contribution >= 0.6 is 0 Å². The second-order valence-corrected chi connectivity index (χ2v) is 7.17. The predicted octanol–water partition coefficient (Wildman–Crippen LogP) is 3.90. The fourth-order valence-corrected chi connectivity index (χ4v) is 3.12. The first-order valence-corrected chi connectivity index (χ1v) is 9.88. The molecule has 1 N–H and O–H groups in total. The average molecular weight is 414 g/mol. The van der Waals surface area contributed by atoms with Gasteiger partial charge in [0.1, 0.15) is 17.6 Å². The van der Waals surface area contributed by atoms with Crippen molar-refractivity contribution in [2.75, 3.05) is 5.32 Å². The highest BCUT2D eigenvalue weighted by Crippen LogP contribution is 2.23. The van der Waals surface area contributed by atoms with Gasteiger partial charge in [0.2, 0.25) is 11.8 Å². The zero-order valence-corrected chi connectivity index (χ0v) is 17.3. The number of pyridine rings is 1. The zero-order chi connectivity index (χ0) is 21.6. The summed E-state index contributed by atoms with van der Waals surface area (Å²) in [6.45, 7) is 3.74. The molecule has 0 bridgehead atoms. The summed E-state index contributed by atoms with van der Waals surface area (Å²) in [4.78, 5) is 17.3. The van der Waals surface area contributed by atoms with Gasteiger partial charge in [-0.2, -0.15) is 0 Å². The van der Waals surface area contributed by atoms with E-state index >= 15 is 0 Å². The lowest BCUT2D eigenvalue weighted by Gasteiger charge is -2.18. The van der Waals surface area contributed by atoms with E-state index in [1.54, 1.807) is 42.1 Å². The summed E-state index contributed by atoms with van der Waals surface area (Å²) in [5.74, 6) is 1.52. The molecule has 2 heterocycles. The first kappa shape index (κ1) is 20.2. The lowest BCUT2D eigenvalue weighted by Crippen LogP contribution is -2.29. The van der Waals surface area contributed by atoms with Crippen LogP contribution in [0.2, 0.25) is 0 Å². The Balaban J connectivity index is 1.47. The number of hydrogen-bond donors (Lipinski definition) is 1. The van der Waals surface area contributed by atoms with Crippen LogP contribution in [-0.4, -0.2) is 31.1 Å². The number of benzene rings is 2. The van der Waals surface area contributed by atoms with Crippen LogP contribution in [0.15, 0.2) is 72.9 Å². The molecule has 31 heavy (non-hydrogen) atoms. The molecular formula is C23H22N6O2. The smallest absolute Gasteiger partial charge is 0.249 e. The number of amides is 1. The van der Waals surface area contributed by atoms with E-state index in [-0.39, 0.29) is 5.91 Å². The molecule has 4 rings (SSSR count). The summed E-state index contributed by atoms with van der Waals surface area (Å²) < 4.78 is 7.28. The molecule has 4 aromatic rings. The Bertz CT molecular complexity index is 1140. The number of nitrogens with zero attached hydrogens (tertiary/aromatic N) is 5. The molecule has 0 saturated heterocycles. The number of aryl methyl sites for hydroxylation is 2. The Morgan fingerprint density at radius 3 is 2.45 bits per heavy atom. The minimum Gasteiger partial charge on any atom is -0.439 e. The molecule has 1 amide bonds. The lowest BCUT2D eigenvalue weighted by atomic mass is 10.1. The summed E-state index contributed by atoms with van der Waals surface area (Å²) in [7, 11) is 0. The van der Waals surface area contributed by atoms with Gasteiger partial charge in [-0.15, -0.1) is 5.10 Å². The van der Waals surface area contributed by atoms with Crippen LogP contribution in [0.25, 0.3) is 0 Å². The first-order valence-electron chi connectivity index (χ1n) is 9.88. The van der Waals surface area contributed by atoms with Gasteiger partial charge in [0, 0.05) is 24.4 Å². The van der Waals surface area contributed by atoms with Crippen LogP contribution in [0.4, 0.5) is 5.69 Å². The quantitative estimate of drug-likeness (QED) is 0.493. The standard InChI is InChI=1S/C23H22N6O2/c1-16-8-13-22(24-15-16)31-20-11-9-19(10-12-20)25-23(30)21(29-17(2)26-27-28-29)14-18-6-4-3-5-7-18/h3-13,15,21H,14H2,1-2H3,(H,25,30). The zero-order valence-electron chi connectivity index (χ0n) is 17.3. The number of nitrogens with one attached hydrogen (secondary N) is 1. The summed E-state index contributed by atoms with van der Waals surface area (Å²) in [6, 6.07) is 20.1. The number of anilines is 1. The Morgan fingerprint density at radius 1 is 1.03 bits per heavy atom. The number of tetrazole rings is 1. The van der Waals surface area contributed by atoms with Crippen molar-refractivity contribution in [2.45, 2.75) is 26.3 Å². The molecule has 156 valence electrons. The van der Waals surface area contributed by atoms with E-state index in [0.29, 0.717) is 29.6 Å². The van der Waals surface area contributed by atoms with E-state index in [1.807, 2.05) is 49.4 Å². The monoisotopic (exact) mass is 414 g/mol. The summed E-state index contributed by atoms with van der Waals surface area (Å²) >= 11 is 0. The topological polar surface area (TPSA) is 94.8 Å². The maximum absolute atomic E-state index is 13.1. The van der Waals surface area contributed by atoms with Crippen molar-refractivity contribution >= 4 is 11.6 Å². The van der Waals surface area contributed by atoms with Crippen LogP contribution in [0, 0.1) is 13.8 Å². The van der Waals surface area contributed by atoms with Gasteiger partial charge in [-0.25, -0.2) is 9.67 Å². The molecule has 8 heteroatoms. The summed E-state index contributed by atoms with van der Waals surface area (Å²) in [6.07, 6.45) is 2.22. The van der Waals surface area contributed by atoms with Gasteiger partial charge in [0.15, 0.2) is 0 Å². The van der Waals surface area contributed by atoms with Gasteiger partial charge >= 0.3 is 0 Å². The Labute approximate surface area is 179 Å². The van der Waals surface area contributed by atoms with Crippen molar-refractivity contribution < 1.29 is 9.53 Å². The van der Waals surface area contributed by atoms with Gasteiger partial charge in [-0.3, -0.25) is 4.79 Å². The highest BCUT2D eigenvalue weighted by Gasteiger charge is 2.24. The predicted molar refractivity (Wildman–Crippen MR) is 116 cm³/mol. The van der Waals surface area contributed by atoms with Gasteiger partial charge in [0.05, 0.1) is 0 Å². The second kappa shape index (κ2) is 9.17. The van der Waals surface area contributed by atoms with Crippen LogP contribution in [-0.2, 0) is 11.2 Å². The van der Waals surface area contributed by atoms with Crippen molar-refractivity contribution in [1.29, 1.82) is 0 Å². The maximum atomic E-state index is 13.1. The highest BCUT2D eigenvalue weighted by molar-refractivity contribution is 5.93. The first-order chi connectivity index (χ1) is 15.1. The van der Waals surface area contributed by atoms with E-state index in [2.05, 4.69) is 25.8 Å². The molecule has 0 aliphatic rings. The molecule has 1 unspecified atom stereocenters. The van der Waals surface area contributed by atoms with Crippen LogP contribution < -0.4 is 10.1 Å². The normalized spacial score (nSPS) is 11.7. The van der Waals surface area contributed by atoms with Crippen molar-refractivity contribution in [2.24, 2.45) is 0 Å². The SMILES string of the molecule is Cc1ccc(Oc2ccc(NC(=O)C(Cc3ccccc3)n3nnnc3C)cc2)nc1.